The molecular formula is C18H28ClFN4O2. The number of carbonyl (C=O) groups is 2. The van der Waals surface area contributed by atoms with Crippen molar-refractivity contribution in [1.82, 2.24) is 10.2 Å². The Morgan fingerprint density at radius 1 is 1.27 bits per heavy atom. The van der Waals surface area contributed by atoms with Crippen LogP contribution in [0.25, 0.3) is 0 Å². The lowest BCUT2D eigenvalue weighted by molar-refractivity contribution is -0.134. The maximum Gasteiger partial charge on any atom is 0.319 e. The third-order valence-electron chi connectivity index (χ3n) is 4.79. The molecule has 1 aromatic carbocycles. The molecule has 0 radical (unpaired) electrons. The van der Waals surface area contributed by atoms with Crippen LogP contribution in [-0.2, 0) is 4.79 Å². The number of benzene rings is 1. The minimum atomic E-state index is -0.462. The fourth-order valence-corrected chi connectivity index (χ4v) is 2.84. The van der Waals surface area contributed by atoms with E-state index in [1.807, 2.05) is 13.8 Å². The molecule has 0 aliphatic carbocycles. The number of hydrogen-bond donors (Lipinski definition) is 3. The lowest BCUT2D eigenvalue weighted by atomic mass is 9.97. The Hall–Kier alpha value is -1.86. The highest BCUT2D eigenvalue weighted by atomic mass is 35.5. The van der Waals surface area contributed by atoms with Crippen LogP contribution in [0.3, 0.4) is 0 Å². The van der Waals surface area contributed by atoms with Gasteiger partial charge in [0.25, 0.3) is 0 Å². The van der Waals surface area contributed by atoms with E-state index in [4.69, 9.17) is 5.73 Å². The van der Waals surface area contributed by atoms with Crippen LogP contribution in [0.1, 0.15) is 33.1 Å². The summed E-state index contributed by atoms with van der Waals surface area (Å²) in [6, 6.07) is 4.81. The predicted molar refractivity (Wildman–Crippen MR) is 103 cm³/mol. The Bertz CT molecular complexity index is 591. The van der Waals surface area contributed by atoms with E-state index in [2.05, 4.69) is 10.6 Å². The molecule has 0 bridgehead atoms. The van der Waals surface area contributed by atoms with Gasteiger partial charge in [0, 0.05) is 24.8 Å². The molecule has 1 aliphatic heterocycles. The summed E-state index contributed by atoms with van der Waals surface area (Å²) in [4.78, 5) is 26.2. The van der Waals surface area contributed by atoms with Crippen molar-refractivity contribution in [2.24, 2.45) is 11.7 Å². The second-order valence-corrected chi connectivity index (χ2v) is 6.62. The molecule has 1 saturated heterocycles. The number of urea groups is 1. The predicted octanol–water partition coefficient (Wildman–Crippen LogP) is 2.73. The van der Waals surface area contributed by atoms with Crippen LogP contribution in [0, 0.1) is 11.7 Å². The van der Waals surface area contributed by atoms with Gasteiger partial charge in [-0.25, -0.2) is 9.18 Å². The summed E-state index contributed by atoms with van der Waals surface area (Å²) >= 11 is 0. The highest BCUT2D eigenvalue weighted by Gasteiger charge is 2.29. The van der Waals surface area contributed by atoms with Crippen LogP contribution in [0.5, 0.6) is 0 Å². The van der Waals surface area contributed by atoms with E-state index in [1.165, 1.54) is 24.3 Å². The number of nitrogens with two attached hydrogens (primary N) is 1. The van der Waals surface area contributed by atoms with Crippen molar-refractivity contribution >= 4 is 30.0 Å². The maximum atomic E-state index is 12.9. The van der Waals surface area contributed by atoms with Crippen LogP contribution in [0.2, 0.25) is 0 Å². The molecule has 146 valence electrons. The number of carbonyl (C=O) groups excluding carboxylic acids is 2. The largest absolute Gasteiger partial charge is 0.341 e. The first kappa shape index (κ1) is 22.2. The van der Waals surface area contributed by atoms with Crippen LogP contribution < -0.4 is 16.4 Å². The van der Waals surface area contributed by atoms with E-state index in [1.54, 1.807) is 4.90 Å². The quantitative estimate of drug-likeness (QED) is 0.727. The Morgan fingerprint density at radius 2 is 1.85 bits per heavy atom. The fraction of sp³-hybridized carbons (Fsp3) is 0.556. The number of halogens is 2. The van der Waals surface area contributed by atoms with Gasteiger partial charge in [-0.2, -0.15) is 0 Å². The van der Waals surface area contributed by atoms with Crippen LogP contribution in [0.15, 0.2) is 24.3 Å². The van der Waals surface area contributed by atoms with Gasteiger partial charge in [0.2, 0.25) is 5.91 Å². The van der Waals surface area contributed by atoms with E-state index < -0.39 is 6.04 Å². The van der Waals surface area contributed by atoms with Gasteiger partial charge in [0.15, 0.2) is 0 Å². The monoisotopic (exact) mass is 386 g/mol. The Kier molecular flexibility index (Phi) is 8.81. The van der Waals surface area contributed by atoms with Crippen molar-refractivity contribution in [3.63, 3.8) is 0 Å². The van der Waals surface area contributed by atoms with E-state index in [-0.39, 0.29) is 42.1 Å². The molecule has 1 fully saturated rings. The summed E-state index contributed by atoms with van der Waals surface area (Å²) in [6.45, 7) is 5.18. The van der Waals surface area contributed by atoms with Gasteiger partial charge in [-0.15, -0.1) is 12.4 Å². The molecule has 2 atom stereocenters. The first-order valence-corrected chi connectivity index (χ1v) is 8.78. The molecule has 3 amide bonds. The number of nitrogens with one attached hydrogen (secondary N) is 2. The topological polar surface area (TPSA) is 87.5 Å². The van der Waals surface area contributed by atoms with Crippen molar-refractivity contribution in [2.45, 2.75) is 45.2 Å². The molecule has 1 heterocycles. The van der Waals surface area contributed by atoms with E-state index in [0.717, 1.165) is 6.42 Å². The summed E-state index contributed by atoms with van der Waals surface area (Å²) in [5.41, 5.74) is 6.55. The molecule has 1 aliphatic rings. The van der Waals surface area contributed by atoms with Gasteiger partial charge >= 0.3 is 6.03 Å². The van der Waals surface area contributed by atoms with Gasteiger partial charge in [-0.05, 0) is 43.0 Å². The van der Waals surface area contributed by atoms with Gasteiger partial charge in [0.1, 0.15) is 5.82 Å². The molecule has 2 rings (SSSR count). The molecule has 1 aromatic rings. The van der Waals surface area contributed by atoms with E-state index in [0.29, 0.717) is 31.6 Å². The zero-order valence-electron chi connectivity index (χ0n) is 15.2. The molecule has 26 heavy (non-hydrogen) atoms. The standard InChI is InChI=1S/C18H27FN4O2.ClH/c1-3-12(2)16(20)17(24)23-10-8-15(9-11-23)22-18(25)21-14-6-4-13(19)5-7-14;/h4-7,12,15-16H,3,8-11,20H2,1-2H3,(H2,21,22,25);1H. The summed E-state index contributed by atoms with van der Waals surface area (Å²) in [5, 5.41) is 5.57. The Labute approximate surface area is 160 Å². The number of rotatable bonds is 5. The molecule has 8 heteroatoms. The minimum Gasteiger partial charge on any atom is -0.341 e. The molecule has 0 saturated carbocycles. The number of piperidine rings is 1. The Balaban J connectivity index is 0.00000338. The maximum absolute atomic E-state index is 12.9. The number of hydrogen-bond acceptors (Lipinski definition) is 3. The van der Waals surface area contributed by atoms with E-state index >= 15 is 0 Å². The summed E-state index contributed by atoms with van der Waals surface area (Å²) in [7, 11) is 0. The van der Waals surface area contributed by atoms with Crippen LogP contribution >= 0.6 is 12.4 Å². The number of amides is 3. The lowest BCUT2D eigenvalue weighted by Crippen LogP contribution is -2.52. The molecular weight excluding hydrogens is 359 g/mol. The van der Waals surface area contributed by atoms with Gasteiger partial charge in [-0.1, -0.05) is 20.3 Å². The third-order valence-corrected chi connectivity index (χ3v) is 4.79. The zero-order valence-corrected chi connectivity index (χ0v) is 16.0. The van der Waals surface area contributed by atoms with Crippen LogP contribution in [0.4, 0.5) is 14.9 Å². The Morgan fingerprint density at radius 3 is 2.38 bits per heavy atom. The fourth-order valence-electron chi connectivity index (χ4n) is 2.84. The first-order chi connectivity index (χ1) is 11.9. The summed E-state index contributed by atoms with van der Waals surface area (Å²) in [5.74, 6) is -0.202. The number of nitrogens with zero attached hydrogens (tertiary/aromatic N) is 1. The van der Waals surface area contributed by atoms with Crippen molar-refractivity contribution in [1.29, 1.82) is 0 Å². The normalized spacial score (nSPS) is 17.0. The second-order valence-electron chi connectivity index (χ2n) is 6.62. The molecule has 4 N–H and O–H groups in total. The van der Waals surface area contributed by atoms with E-state index in [9.17, 15) is 14.0 Å². The average Bonchev–Trinajstić information content (AvgIpc) is 2.62. The summed E-state index contributed by atoms with van der Waals surface area (Å²) < 4.78 is 12.9. The lowest BCUT2D eigenvalue weighted by Gasteiger charge is -2.34. The smallest absolute Gasteiger partial charge is 0.319 e. The van der Waals surface area contributed by atoms with Crippen molar-refractivity contribution in [2.75, 3.05) is 18.4 Å². The minimum absolute atomic E-state index is 0. The second kappa shape index (κ2) is 10.3. The third kappa shape index (κ3) is 6.14. The van der Waals surface area contributed by atoms with Gasteiger partial charge < -0.3 is 21.3 Å². The number of anilines is 1. The average molecular weight is 387 g/mol. The highest BCUT2D eigenvalue weighted by molar-refractivity contribution is 5.89. The van der Waals surface area contributed by atoms with Crippen molar-refractivity contribution in [3.8, 4) is 0 Å². The first-order valence-electron chi connectivity index (χ1n) is 8.78. The number of likely N-dealkylation sites (tertiary alicyclic amines) is 1. The molecule has 0 spiro atoms. The highest BCUT2D eigenvalue weighted by Crippen LogP contribution is 2.15. The SMILES string of the molecule is CCC(C)C(N)C(=O)N1CCC(NC(=O)Nc2ccc(F)cc2)CC1.Cl. The van der Waals surface area contributed by atoms with Gasteiger partial charge in [0.05, 0.1) is 6.04 Å². The van der Waals surface area contributed by atoms with Crippen molar-refractivity contribution < 1.29 is 14.0 Å². The van der Waals surface area contributed by atoms with Crippen LogP contribution in [-0.4, -0.2) is 42.0 Å². The molecule has 2 unspecified atom stereocenters. The summed E-state index contributed by atoms with van der Waals surface area (Å²) in [6.07, 6.45) is 2.25. The zero-order chi connectivity index (χ0) is 18.4. The molecule has 0 aromatic heterocycles. The van der Waals surface area contributed by atoms with Gasteiger partial charge in [-0.3, -0.25) is 4.79 Å². The molecule has 6 nitrogen and oxygen atoms in total. The van der Waals surface area contributed by atoms with Crippen molar-refractivity contribution in [3.05, 3.63) is 30.1 Å².